The van der Waals surface area contributed by atoms with E-state index >= 15 is 0 Å². The Morgan fingerprint density at radius 2 is 1.80 bits per heavy atom. The number of aliphatic hydroxyl groups is 1. The topological polar surface area (TPSA) is 67.3 Å². The minimum atomic E-state index is -0.332. The van der Waals surface area contributed by atoms with Gasteiger partial charge >= 0.3 is 0 Å². The first kappa shape index (κ1) is 17.2. The average molecular weight is 356 g/mol. The van der Waals surface area contributed by atoms with Crippen molar-refractivity contribution in [1.29, 1.82) is 0 Å². The zero-order chi connectivity index (χ0) is 17.5. The highest BCUT2D eigenvalue weighted by Gasteiger charge is 2.12. The van der Waals surface area contributed by atoms with Crippen LogP contribution in [-0.4, -0.2) is 21.7 Å². The predicted molar refractivity (Wildman–Crippen MR) is 97.7 cm³/mol. The van der Waals surface area contributed by atoms with Crippen LogP contribution >= 0.6 is 11.6 Å². The lowest BCUT2D eigenvalue weighted by Crippen LogP contribution is -2.16. The third-order valence-corrected chi connectivity index (χ3v) is 3.87. The number of benzene rings is 2. The molecule has 6 heteroatoms. The Labute approximate surface area is 151 Å². The molecule has 3 aromatic rings. The maximum atomic E-state index is 9.65. The lowest BCUT2D eigenvalue weighted by molar-refractivity contribution is 0.275. The maximum absolute atomic E-state index is 9.65. The Hall–Kier alpha value is -2.63. The highest BCUT2D eigenvalue weighted by atomic mass is 35.5. The van der Waals surface area contributed by atoms with Gasteiger partial charge in [-0.15, -0.1) is 0 Å². The Bertz CT molecular complexity index is 797. The number of anilines is 1. The highest BCUT2D eigenvalue weighted by molar-refractivity contribution is 6.30. The van der Waals surface area contributed by atoms with Gasteiger partial charge in [-0.3, -0.25) is 0 Å². The van der Waals surface area contributed by atoms with Crippen LogP contribution in [0.15, 0.2) is 66.9 Å². The second-order valence-corrected chi connectivity index (χ2v) is 5.86. The number of nitrogens with zero attached hydrogens (tertiary/aromatic N) is 2. The van der Waals surface area contributed by atoms with E-state index in [4.69, 9.17) is 16.3 Å². The molecule has 5 nitrogen and oxygen atoms in total. The molecule has 2 N–H and O–H groups in total. The van der Waals surface area contributed by atoms with Crippen LogP contribution in [-0.2, 0) is 6.61 Å². The molecular weight excluding hydrogens is 338 g/mol. The first-order chi connectivity index (χ1) is 12.2. The van der Waals surface area contributed by atoms with Crippen molar-refractivity contribution in [3.8, 4) is 5.88 Å². The Morgan fingerprint density at radius 3 is 2.52 bits per heavy atom. The molecule has 0 saturated carbocycles. The van der Waals surface area contributed by atoms with Crippen molar-refractivity contribution in [2.75, 3.05) is 11.9 Å². The number of rotatable bonds is 7. The Balaban J connectivity index is 1.66. The molecule has 0 spiro atoms. The van der Waals surface area contributed by atoms with Crippen LogP contribution in [0.25, 0.3) is 0 Å². The zero-order valence-corrected chi connectivity index (χ0v) is 14.2. The smallest absolute Gasteiger partial charge is 0.226 e. The molecule has 128 valence electrons. The van der Waals surface area contributed by atoms with Gasteiger partial charge in [0.2, 0.25) is 11.8 Å². The van der Waals surface area contributed by atoms with Crippen molar-refractivity contribution in [2.24, 2.45) is 0 Å². The normalized spacial score (nSPS) is 11.8. The third kappa shape index (κ3) is 4.92. The summed E-state index contributed by atoms with van der Waals surface area (Å²) >= 11 is 5.90. The molecule has 0 radical (unpaired) electrons. The van der Waals surface area contributed by atoms with Crippen LogP contribution in [0.2, 0.25) is 5.02 Å². The van der Waals surface area contributed by atoms with Crippen molar-refractivity contribution >= 4 is 17.5 Å². The summed E-state index contributed by atoms with van der Waals surface area (Å²) in [6.45, 7) is 0.331. The molecule has 25 heavy (non-hydrogen) atoms. The Morgan fingerprint density at radius 1 is 1.04 bits per heavy atom. The van der Waals surface area contributed by atoms with Crippen LogP contribution in [0.1, 0.15) is 17.2 Å². The first-order valence-electron chi connectivity index (χ1n) is 7.87. The predicted octanol–water partition coefficient (Wildman–Crippen LogP) is 3.85. The van der Waals surface area contributed by atoms with E-state index in [1.165, 1.54) is 0 Å². The number of aliphatic hydroxyl groups excluding tert-OH is 1. The molecule has 0 amide bonds. The average Bonchev–Trinajstić information content (AvgIpc) is 2.66. The Kier molecular flexibility index (Phi) is 5.82. The molecular formula is C19H18ClN3O2. The molecule has 1 aromatic heterocycles. The fourth-order valence-corrected chi connectivity index (χ4v) is 2.43. The van der Waals surface area contributed by atoms with E-state index < -0.39 is 0 Å². The zero-order valence-electron chi connectivity index (χ0n) is 13.5. The number of nitrogens with one attached hydrogen (secondary N) is 1. The molecule has 3 rings (SSSR count). The molecule has 0 aliphatic carbocycles. The van der Waals surface area contributed by atoms with Crippen LogP contribution in [0.5, 0.6) is 5.88 Å². The quantitative estimate of drug-likeness (QED) is 0.673. The number of halogens is 1. The molecule has 1 heterocycles. The third-order valence-electron chi connectivity index (χ3n) is 3.62. The summed E-state index contributed by atoms with van der Waals surface area (Å²) in [5, 5.41) is 13.4. The molecule has 0 fully saturated rings. The lowest BCUT2D eigenvalue weighted by atomic mass is 10.1. The molecule has 2 aromatic carbocycles. The van der Waals surface area contributed by atoms with Gasteiger partial charge in [0.05, 0.1) is 12.6 Å². The van der Waals surface area contributed by atoms with Crippen LogP contribution < -0.4 is 10.1 Å². The summed E-state index contributed by atoms with van der Waals surface area (Å²) in [7, 11) is 0. The standard InChI is InChI=1S/C19H18ClN3O2/c20-16-8-6-15(7-9-16)17(12-24)22-19-21-11-10-18(23-19)25-13-14-4-2-1-3-5-14/h1-11,17,24H,12-13H2,(H,21,22,23). The van der Waals surface area contributed by atoms with Gasteiger partial charge in [-0.1, -0.05) is 54.1 Å². The van der Waals surface area contributed by atoms with Crippen molar-refractivity contribution in [1.82, 2.24) is 9.97 Å². The monoisotopic (exact) mass is 355 g/mol. The van der Waals surface area contributed by atoms with E-state index in [9.17, 15) is 5.11 Å². The summed E-state index contributed by atoms with van der Waals surface area (Å²) in [5.74, 6) is 0.855. The van der Waals surface area contributed by atoms with Gasteiger partial charge in [0.25, 0.3) is 0 Å². The van der Waals surface area contributed by atoms with Gasteiger partial charge in [-0.05, 0) is 23.3 Å². The SMILES string of the molecule is OCC(Nc1nccc(OCc2ccccc2)n1)c1ccc(Cl)cc1. The first-order valence-corrected chi connectivity index (χ1v) is 8.25. The van der Waals surface area contributed by atoms with E-state index in [2.05, 4.69) is 15.3 Å². The van der Waals surface area contributed by atoms with E-state index in [0.29, 0.717) is 23.5 Å². The second-order valence-electron chi connectivity index (χ2n) is 5.42. The van der Waals surface area contributed by atoms with Gasteiger partial charge in [-0.25, -0.2) is 4.98 Å². The maximum Gasteiger partial charge on any atom is 0.226 e. The van der Waals surface area contributed by atoms with Gasteiger partial charge < -0.3 is 15.2 Å². The van der Waals surface area contributed by atoms with E-state index in [0.717, 1.165) is 11.1 Å². The summed E-state index contributed by atoms with van der Waals surface area (Å²) in [6, 6.07) is 18.5. The lowest BCUT2D eigenvalue weighted by Gasteiger charge is -2.17. The van der Waals surface area contributed by atoms with Crippen LogP contribution in [0.3, 0.4) is 0 Å². The van der Waals surface area contributed by atoms with E-state index in [-0.39, 0.29) is 12.6 Å². The van der Waals surface area contributed by atoms with Crippen LogP contribution in [0, 0.1) is 0 Å². The minimum absolute atomic E-state index is 0.0971. The molecule has 1 atom stereocenters. The van der Waals surface area contributed by atoms with Crippen molar-refractivity contribution in [3.63, 3.8) is 0 Å². The molecule has 0 aliphatic heterocycles. The van der Waals surface area contributed by atoms with Crippen molar-refractivity contribution < 1.29 is 9.84 Å². The summed E-state index contributed by atoms with van der Waals surface area (Å²) in [4.78, 5) is 8.52. The number of hydrogen-bond acceptors (Lipinski definition) is 5. The number of ether oxygens (including phenoxy) is 1. The van der Waals surface area contributed by atoms with Crippen molar-refractivity contribution in [2.45, 2.75) is 12.6 Å². The number of hydrogen-bond donors (Lipinski definition) is 2. The molecule has 1 unspecified atom stereocenters. The van der Waals surface area contributed by atoms with Gasteiger partial charge in [0, 0.05) is 17.3 Å². The van der Waals surface area contributed by atoms with Gasteiger partial charge in [-0.2, -0.15) is 4.98 Å². The molecule has 0 bridgehead atoms. The largest absolute Gasteiger partial charge is 0.473 e. The van der Waals surface area contributed by atoms with Gasteiger partial charge in [0.15, 0.2) is 0 Å². The number of aromatic nitrogens is 2. The second kappa shape index (κ2) is 8.46. The minimum Gasteiger partial charge on any atom is -0.473 e. The highest BCUT2D eigenvalue weighted by Crippen LogP contribution is 2.20. The van der Waals surface area contributed by atoms with Crippen molar-refractivity contribution in [3.05, 3.63) is 83.0 Å². The summed E-state index contributed by atoms with van der Waals surface area (Å²) in [5.41, 5.74) is 1.95. The summed E-state index contributed by atoms with van der Waals surface area (Å²) in [6.07, 6.45) is 1.62. The van der Waals surface area contributed by atoms with E-state index in [1.54, 1.807) is 24.4 Å². The molecule has 0 saturated heterocycles. The summed E-state index contributed by atoms with van der Waals surface area (Å²) < 4.78 is 5.70. The van der Waals surface area contributed by atoms with E-state index in [1.807, 2.05) is 42.5 Å². The fourth-order valence-electron chi connectivity index (χ4n) is 2.31. The van der Waals surface area contributed by atoms with Crippen LogP contribution in [0.4, 0.5) is 5.95 Å². The molecule has 0 aliphatic rings. The van der Waals surface area contributed by atoms with Gasteiger partial charge in [0.1, 0.15) is 6.61 Å². The fraction of sp³-hybridized carbons (Fsp3) is 0.158.